The predicted octanol–water partition coefficient (Wildman–Crippen LogP) is 3.35. The monoisotopic (exact) mass is 366 g/mol. The van der Waals surface area contributed by atoms with Gasteiger partial charge in [0.1, 0.15) is 0 Å². The molecule has 19 heavy (non-hydrogen) atoms. The van der Waals surface area contributed by atoms with Crippen LogP contribution in [-0.2, 0) is 0 Å². The minimum Gasteiger partial charge on any atom is -0.339 e. The maximum Gasteiger partial charge on any atom is 0.255 e. The molecule has 0 aliphatic carbocycles. The van der Waals surface area contributed by atoms with Crippen LogP contribution < -0.4 is 5.32 Å². The number of carbonyl (C=O) groups is 1. The molecule has 1 aromatic carbocycles. The molecule has 0 atom stereocenters. The van der Waals surface area contributed by atoms with Crippen LogP contribution in [0.5, 0.6) is 0 Å². The number of hydrogen-bond donors (Lipinski definition) is 1. The fraction of sp³-hybridized carbons (Fsp3) is 0.462. The maximum absolute atomic E-state index is 12.4. The highest BCUT2D eigenvalue weighted by Crippen LogP contribution is 2.23. The van der Waals surface area contributed by atoms with E-state index in [4.69, 9.17) is 11.6 Å². The van der Waals surface area contributed by atoms with Crippen molar-refractivity contribution in [2.45, 2.75) is 18.9 Å². The van der Waals surface area contributed by atoms with E-state index in [2.05, 4.69) is 21.2 Å². The summed E-state index contributed by atoms with van der Waals surface area (Å²) in [5.74, 6) is -0.00630. The first-order valence-electron chi connectivity index (χ1n) is 6.02. The van der Waals surface area contributed by atoms with E-state index in [0.29, 0.717) is 16.6 Å². The van der Waals surface area contributed by atoms with Crippen molar-refractivity contribution in [1.29, 1.82) is 0 Å². The summed E-state index contributed by atoms with van der Waals surface area (Å²) < 4.78 is 0.869. The number of amides is 1. The average Bonchev–Trinajstić information content (AvgIpc) is 2.41. The van der Waals surface area contributed by atoms with Crippen molar-refractivity contribution in [3.05, 3.63) is 33.3 Å². The molecule has 1 heterocycles. The SMILES string of the molecule is CN(C(=O)c1cc(Br)ccc1Cl)C1CCNCC1.Cl. The van der Waals surface area contributed by atoms with Gasteiger partial charge in [-0.1, -0.05) is 27.5 Å². The summed E-state index contributed by atoms with van der Waals surface area (Å²) >= 11 is 9.46. The van der Waals surface area contributed by atoms with Crippen molar-refractivity contribution in [3.8, 4) is 0 Å². The molecule has 1 amide bonds. The molecular weight excluding hydrogens is 351 g/mol. The van der Waals surface area contributed by atoms with Crippen LogP contribution in [0.25, 0.3) is 0 Å². The summed E-state index contributed by atoms with van der Waals surface area (Å²) in [4.78, 5) is 14.2. The Morgan fingerprint density at radius 3 is 2.68 bits per heavy atom. The van der Waals surface area contributed by atoms with Crippen LogP contribution >= 0.6 is 39.9 Å². The van der Waals surface area contributed by atoms with Crippen LogP contribution in [0.1, 0.15) is 23.2 Å². The summed E-state index contributed by atoms with van der Waals surface area (Å²) in [6.45, 7) is 1.93. The lowest BCUT2D eigenvalue weighted by Gasteiger charge is -2.31. The molecular formula is C13H17BrCl2N2O. The maximum atomic E-state index is 12.4. The van der Waals surface area contributed by atoms with Crippen molar-refractivity contribution >= 4 is 45.8 Å². The highest BCUT2D eigenvalue weighted by atomic mass is 79.9. The summed E-state index contributed by atoms with van der Waals surface area (Å²) in [6, 6.07) is 5.66. The van der Waals surface area contributed by atoms with Crippen LogP contribution in [-0.4, -0.2) is 37.0 Å². The number of hydrogen-bond acceptors (Lipinski definition) is 2. The summed E-state index contributed by atoms with van der Waals surface area (Å²) in [6.07, 6.45) is 1.99. The highest BCUT2D eigenvalue weighted by molar-refractivity contribution is 9.10. The molecule has 0 spiro atoms. The van der Waals surface area contributed by atoms with E-state index >= 15 is 0 Å². The second-order valence-electron chi connectivity index (χ2n) is 4.52. The van der Waals surface area contributed by atoms with E-state index in [1.165, 1.54) is 0 Å². The molecule has 1 aliphatic heterocycles. The third-order valence-electron chi connectivity index (χ3n) is 3.34. The third-order valence-corrected chi connectivity index (χ3v) is 4.16. The van der Waals surface area contributed by atoms with Gasteiger partial charge in [-0.15, -0.1) is 12.4 Å². The number of nitrogens with one attached hydrogen (secondary N) is 1. The van der Waals surface area contributed by atoms with Crippen LogP contribution in [0, 0.1) is 0 Å². The Morgan fingerprint density at radius 2 is 2.05 bits per heavy atom. The highest BCUT2D eigenvalue weighted by Gasteiger charge is 2.24. The Bertz CT molecular complexity index is 450. The zero-order valence-corrected chi connectivity index (χ0v) is 13.8. The Hall–Kier alpha value is -0.290. The largest absolute Gasteiger partial charge is 0.339 e. The molecule has 0 aromatic heterocycles. The molecule has 1 fully saturated rings. The van der Waals surface area contributed by atoms with Gasteiger partial charge < -0.3 is 10.2 Å². The van der Waals surface area contributed by atoms with Crippen LogP contribution in [0.4, 0.5) is 0 Å². The van der Waals surface area contributed by atoms with Crippen LogP contribution in [0.2, 0.25) is 5.02 Å². The summed E-state index contributed by atoms with van der Waals surface area (Å²) in [7, 11) is 1.86. The zero-order chi connectivity index (χ0) is 13.1. The number of piperidine rings is 1. The van der Waals surface area contributed by atoms with Gasteiger partial charge in [-0.05, 0) is 44.1 Å². The standard InChI is InChI=1S/C13H16BrClN2O.ClH/c1-17(10-4-6-16-7-5-10)13(18)11-8-9(14)2-3-12(11)15;/h2-3,8,10,16H,4-7H2,1H3;1H. The van der Waals surface area contributed by atoms with Gasteiger partial charge in [-0.2, -0.15) is 0 Å². The predicted molar refractivity (Wildman–Crippen MR) is 84.4 cm³/mol. The lowest BCUT2D eigenvalue weighted by atomic mass is 10.0. The Morgan fingerprint density at radius 1 is 1.42 bits per heavy atom. The fourth-order valence-corrected chi connectivity index (χ4v) is 2.77. The molecule has 6 heteroatoms. The zero-order valence-electron chi connectivity index (χ0n) is 10.7. The topological polar surface area (TPSA) is 32.3 Å². The lowest BCUT2D eigenvalue weighted by Crippen LogP contribution is -2.44. The second-order valence-corrected chi connectivity index (χ2v) is 5.84. The number of carbonyl (C=O) groups excluding carboxylic acids is 1. The first-order chi connectivity index (χ1) is 8.59. The van der Waals surface area contributed by atoms with Crippen molar-refractivity contribution in [2.75, 3.05) is 20.1 Å². The van der Waals surface area contributed by atoms with E-state index in [1.54, 1.807) is 12.1 Å². The summed E-state index contributed by atoms with van der Waals surface area (Å²) in [5, 5.41) is 3.80. The molecule has 0 saturated carbocycles. The molecule has 0 bridgehead atoms. The van der Waals surface area contributed by atoms with Gasteiger partial charge in [0, 0.05) is 17.6 Å². The van der Waals surface area contributed by atoms with E-state index in [9.17, 15) is 4.79 Å². The van der Waals surface area contributed by atoms with Crippen LogP contribution in [0.3, 0.4) is 0 Å². The van der Waals surface area contributed by atoms with Gasteiger partial charge in [0.05, 0.1) is 10.6 Å². The van der Waals surface area contributed by atoms with E-state index in [0.717, 1.165) is 30.4 Å². The molecule has 106 valence electrons. The molecule has 1 saturated heterocycles. The molecule has 1 aromatic rings. The third kappa shape index (κ3) is 4.09. The molecule has 0 unspecified atom stereocenters. The number of halogens is 3. The lowest BCUT2D eigenvalue weighted by molar-refractivity contribution is 0.0703. The second kappa shape index (κ2) is 7.48. The quantitative estimate of drug-likeness (QED) is 0.869. The van der Waals surface area contributed by atoms with E-state index in [1.807, 2.05) is 18.0 Å². The van der Waals surface area contributed by atoms with Gasteiger partial charge in [-0.3, -0.25) is 4.79 Å². The number of nitrogens with zero attached hydrogens (tertiary/aromatic N) is 1. The molecule has 1 N–H and O–H groups in total. The van der Waals surface area contributed by atoms with Crippen LogP contribution in [0.15, 0.2) is 22.7 Å². The van der Waals surface area contributed by atoms with Crippen molar-refractivity contribution in [2.24, 2.45) is 0 Å². The van der Waals surface area contributed by atoms with Crippen molar-refractivity contribution < 1.29 is 4.79 Å². The Kier molecular flexibility index (Phi) is 6.60. The number of benzene rings is 1. The minimum absolute atomic E-state index is 0. The molecule has 3 nitrogen and oxygen atoms in total. The minimum atomic E-state index is -0.00630. The van der Waals surface area contributed by atoms with Gasteiger partial charge in [0.25, 0.3) is 5.91 Å². The first kappa shape index (κ1) is 16.8. The van der Waals surface area contributed by atoms with Crippen molar-refractivity contribution in [1.82, 2.24) is 10.2 Å². The Balaban J connectivity index is 0.00000180. The summed E-state index contributed by atoms with van der Waals surface area (Å²) in [5.41, 5.74) is 0.562. The van der Waals surface area contributed by atoms with Gasteiger partial charge in [0.15, 0.2) is 0 Å². The first-order valence-corrected chi connectivity index (χ1v) is 7.19. The molecule has 0 radical (unpaired) electrons. The van der Waals surface area contributed by atoms with Gasteiger partial charge in [0.2, 0.25) is 0 Å². The smallest absolute Gasteiger partial charge is 0.255 e. The van der Waals surface area contributed by atoms with Crippen molar-refractivity contribution in [3.63, 3.8) is 0 Å². The molecule has 2 rings (SSSR count). The van der Waals surface area contributed by atoms with E-state index < -0.39 is 0 Å². The van der Waals surface area contributed by atoms with E-state index in [-0.39, 0.29) is 18.3 Å². The number of rotatable bonds is 2. The fourth-order valence-electron chi connectivity index (χ4n) is 2.21. The van der Waals surface area contributed by atoms with Gasteiger partial charge >= 0.3 is 0 Å². The molecule has 1 aliphatic rings. The Labute approximate surface area is 133 Å². The normalized spacial score (nSPS) is 15.7. The van der Waals surface area contributed by atoms with Gasteiger partial charge in [-0.25, -0.2) is 0 Å². The average molecular weight is 368 g/mol.